The van der Waals surface area contributed by atoms with Crippen LogP contribution < -0.4 is 5.32 Å². The third-order valence-corrected chi connectivity index (χ3v) is 9.55. The van der Waals surface area contributed by atoms with Gasteiger partial charge in [0.2, 0.25) is 5.91 Å². The van der Waals surface area contributed by atoms with E-state index in [0.29, 0.717) is 11.7 Å². The van der Waals surface area contributed by atoms with Gasteiger partial charge in [0.25, 0.3) is 0 Å². The van der Waals surface area contributed by atoms with Crippen molar-refractivity contribution in [2.45, 2.75) is 98.4 Å². The van der Waals surface area contributed by atoms with Crippen LogP contribution in [0.1, 0.15) is 92.9 Å². The van der Waals surface area contributed by atoms with Crippen LogP contribution in [0.5, 0.6) is 0 Å². The van der Waals surface area contributed by atoms with Gasteiger partial charge in [0.1, 0.15) is 0 Å². The maximum absolute atomic E-state index is 13.0. The molecule has 3 heteroatoms. The molecule has 0 aromatic heterocycles. The first-order valence-electron chi connectivity index (χ1n) is 12.0. The summed E-state index contributed by atoms with van der Waals surface area (Å²) in [7, 11) is 0. The standard InChI is InChI=1S/C26H41NO2/c1-16(23(29)27-24(2,3)4)20-9-10-21-19-8-7-17-15-18(28)11-13-25(17,5)22(19)12-14-26(20,21)6/h15-16,19-22H,7-14H2,1-6H3,(H,27,29)/t16?,19-,20+,21-,22-,25-,26+/m0/s1. The largest absolute Gasteiger partial charge is 0.351 e. The molecule has 0 aliphatic heterocycles. The number of amides is 1. The Morgan fingerprint density at radius 2 is 1.79 bits per heavy atom. The predicted molar refractivity (Wildman–Crippen MR) is 117 cm³/mol. The van der Waals surface area contributed by atoms with Crippen LogP contribution in [0.4, 0.5) is 0 Å². The lowest BCUT2D eigenvalue weighted by molar-refractivity contribution is -0.131. The summed E-state index contributed by atoms with van der Waals surface area (Å²) in [5, 5.41) is 3.23. The SMILES string of the molecule is CC(C(=O)NC(C)(C)C)[C@H]1CC[C@H]2[C@@H]3CCC4=CC(=O)CC[C@]4(C)[C@H]3CC[C@]12C. The van der Waals surface area contributed by atoms with E-state index in [4.69, 9.17) is 0 Å². The summed E-state index contributed by atoms with van der Waals surface area (Å²) in [5.74, 6) is 3.40. The van der Waals surface area contributed by atoms with Gasteiger partial charge < -0.3 is 5.32 Å². The number of hydrogen-bond donors (Lipinski definition) is 1. The van der Waals surface area contributed by atoms with E-state index in [1.165, 1.54) is 37.7 Å². The van der Waals surface area contributed by atoms with Gasteiger partial charge in [-0.1, -0.05) is 26.3 Å². The van der Waals surface area contributed by atoms with E-state index >= 15 is 0 Å². The first-order valence-corrected chi connectivity index (χ1v) is 12.0. The summed E-state index contributed by atoms with van der Waals surface area (Å²) >= 11 is 0. The molecule has 3 nitrogen and oxygen atoms in total. The molecule has 4 aliphatic rings. The summed E-state index contributed by atoms with van der Waals surface area (Å²) in [6.45, 7) is 13.3. The van der Waals surface area contributed by atoms with Gasteiger partial charge in [0, 0.05) is 17.9 Å². The highest BCUT2D eigenvalue weighted by atomic mass is 16.2. The molecule has 0 bridgehead atoms. The Kier molecular flexibility index (Phi) is 5.07. The van der Waals surface area contributed by atoms with Crippen LogP contribution >= 0.6 is 0 Å². The van der Waals surface area contributed by atoms with Gasteiger partial charge in [-0.15, -0.1) is 0 Å². The van der Waals surface area contributed by atoms with Crippen LogP contribution in [-0.4, -0.2) is 17.2 Å². The molecule has 3 fully saturated rings. The Morgan fingerprint density at radius 3 is 2.48 bits per heavy atom. The van der Waals surface area contributed by atoms with Gasteiger partial charge in [0.05, 0.1) is 0 Å². The fourth-order valence-corrected chi connectivity index (χ4v) is 8.09. The summed E-state index contributed by atoms with van der Waals surface area (Å²) in [6.07, 6.45) is 11.1. The number of allylic oxidation sites excluding steroid dienone is 1. The van der Waals surface area contributed by atoms with Crippen molar-refractivity contribution in [1.29, 1.82) is 0 Å². The summed E-state index contributed by atoms with van der Waals surface area (Å²) in [5.41, 5.74) is 1.82. The second-order valence-corrected chi connectivity index (χ2v) is 12.2. The number of ketones is 1. The van der Waals surface area contributed by atoms with Crippen molar-refractivity contribution in [2.24, 2.45) is 40.4 Å². The highest BCUT2D eigenvalue weighted by molar-refractivity contribution is 5.91. The van der Waals surface area contributed by atoms with Crippen LogP contribution in [0.2, 0.25) is 0 Å². The molecule has 0 spiro atoms. The van der Waals surface area contributed by atoms with Crippen LogP contribution in [0.15, 0.2) is 11.6 Å². The van der Waals surface area contributed by atoms with Crippen molar-refractivity contribution in [3.05, 3.63) is 11.6 Å². The molecular weight excluding hydrogens is 358 g/mol. The fourth-order valence-electron chi connectivity index (χ4n) is 8.09. The molecule has 0 radical (unpaired) electrons. The number of carbonyl (C=O) groups excluding carboxylic acids is 2. The van der Waals surface area contributed by atoms with Crippen LogP contribution in [0.3, 0.4) is 0 Å². The van der Waals surface area contributed by atoms with E-state index in [2.05, 4.69) is 46.9 Å². The second kappa shape index (κ2) is 6.95. The van der Waals surface area contributed by atoms with Crippen LogP contribution in [0.25, 0.3) is 0 Å². The van der Waals surface area contributed by atoms with E-state index in [1.54, 1.807) is 0 Å². The Bertz CT molecular complexity index is 731. The zero-order valence-corrected chi connectivity index (χ0v) is 19.4. The first kappa shape index (κ1) is 21.1. The lowest BCUT2D eigenvalue weighted by Gasteiger charge is -2.58. The molecule has 29 heavy (non-hydrogen) atoms. The van der Waals surface area contributed by atoms with Crippen molar-refractivity contribution >= 4 is 11.7 Å². The van der Waals surface area contributed by atoms with Crippen molar-refractivity contribution in [3.63, 3.8) is 0 Å². The quantitative estimate of drug-likeness (QED) is 0.649. The van der Waals surface area contributed by atoms with Crippen molar-refractivity contribution < 1.29 is 9.59 Å². The van der Waals surface area contributed by atoms with E-state index in [0.717, 1.165) is 37.0 Å². The van der Waals surface area contributed by atoms with Gasteiger partial charge in [0.15, 0.2) is 5.78 Å². The molecule has 162 valence electrons. The normalized spacial score (nSPS) is 43.0. The smallest absolute Gasteiger partial charge is 0.223 e. The highest BCUT2D eigenvalue weighted by Gasteiger charge is 2.60. The molecule has 0 saturated heterocycles. The Morgan fingerprint density at radius 1 is 1.07 bits per heavy atom. The van der Waals surface area contributed by atoms with Crippen molar-refractivity contribution in [3.8, 4) is 0 Å². The van der Waals surface area contributed by atoms with Gasteiger partial charge in [-0.25, -0.2) is 0 Å². The first-order chi connectivity index (χ1) is 13.5. The molecule has 1 amide bonds. The van der Waals surface area contributed by atoms with E-state index in [-0.39, 0.29) is 28.2 Å². The van der Waals surface area contributed by atoms with E-state index < -0.39 is 0 Å². The zero-order valence-electron chi connectivity index (χ0n) is 19.4. The van der Waals surface area contributed by atoms with Gasteiger partial charge in [-0.05, 0) is 106 Å². The maximum Gasteiger partial charge on any atom is 0.223 e. The second-order valence-electron chi connectivity index (χ2n) is 12.2. The zero-order chi connectivity index (χ0) is 21.2. The minimum absolute atomic E-state index is 0.0858. The highest BCUT2D eigenvalue weighted by Crippen LogP contribution is 2.67. The molecule has 1 unspecified atom stereocenters. The Balaban J connectivity index is 1.55. The maximum atomic E-state index is 13.0. The summed E-state index contributed by atoms with van der Waals surface area (Å²) in [6, 6.07) is 0. The average molecular weight is 400 g/mol. The van der Waals surface area contributed by atoms with E-state index in [1.807, 2.05) is 6.08 Å². The number of rotatable bonds is 2. The van der Waals surface area contributed by atoms with Crippen molar-refractivity contribution in [1.82, 2.24) is 5.32 Å². The lowest BCUT2D eigenvalue weighted by Crippen LogP contribution is -2.52. The minimum Gasteiger partial charge on any atom is -0.351 e. The van der Waals surface area contributed by atoms with Crippen molar-refractivity contribution in [2.75, 3.05) is 0 Å². The molecule has 0 aromatic rings. The monoisotopic (exact) mass is 399 g/mol. The Labute approximate surface area is 177 Å². The third kappa shape index (κ3) is 3.41. The number of hydrogen-bond acceptors (Lipinski definition) is 2. The number of nitrogens with one attached hydrogen (secondary N) is 1. The van der Waals surface area contributed by atoms with E-state index in [9.17, 15) is 9.59 Å². The predicted octanol–water partition coefficient (Wildman–Crippen LogP) is 5.69. The molecule has 4 rings (SSSR count). The minimum atomic E-state index is -0.166. The topological polar surface area (TPSA) is 46.2 Å². The molecule has 1 N–H and O–H groups in total. The van der Waals surface area contributed by atoms with Crippen LogP contribution in [-0.2, 0) is 9.59 Å². The van der Waals surface area contributed by atoms with Gasteiger partial charge >= 0.3 is 0 Å². The molecule has 0 aromatic carbocycles. The molecule has 3 saturated carbocycles. The Hall–Kier alpha value is -1.12. The van der Waals surface area contributed by atoms with Gasteiger partial charge in [-0.3, -0.25) is 9.59 Å². The molecule has 0 heterocycles. The average Bonchev–Trinajstić information content (AvgIpc) is 2.97. The van der Waals surface area contributed by atoms with Gasteiger partial charge in [-0.2, -0.15) is 0 Å². The summed E-state index contributed by atoms with van der Waals surface area (Å²) in [4.78, 5) is 25.0. The lowest BCUT2D eigenvalue weighted by atomic mass is 9.46. The number of carbonyl (C=O) groups is 2. The van der Waals surface area contributed by atoms with Crippen LogP contribution in [0, 0.1) is 40.4 Å². The fraction of sp³-hybridized carbons (Fsp3) is 0.846. The molecule has 7 atom stereocenters. The third-order valence-electron chi connectivity index (χ3n) is 9.55. The summed E-state index contributed by atoms with van der Waals surface area (Å²) < 4.78 is 0. The number of fused-ring (bicyclic) bond motifs is 5. The molecular formula is C26H41NO2. The molecule has 4 aliphatic carbocycles.